The first-order valence-corrected chi connectivity index (χ1v) is 7.81. The van der Waals surface area contributed by atoms with Crippen molar-refractivity contribution in [1.82, 2.24) is 10.2 Å². The molecule has 0 aliphatic heterocycles. The lowest BCUT2D eigenvalue weighted by Gasteiger charge is -2.19. The van der Waals surface area contributed by atoms with Crippen molar-refractivity contribution < 1.29 is 14.3 Å². The third-order valence-electron chi connectivity index (χ3n) is 3.35. The van der Waals surface area contributed by atoms with Crippen molar-refractivity contribution in [2.24, 2.45) is 5.73 Å². The summed E-state index contributed by atoms with van der Waals surface area (Å²) in [6, 6.07) is 7.22. The highest BCUT2D eigenvalue weighted by Crippen LogP contribution is 2.23. The molecule has 0 aromatic heterocycles. The van der Waals surface area contributed by atoms with E-state index < -0.39 is 0 Å². The molecule has 0 radical (unpaired) electrons. The molecule has 4 N–H and O–H groups in total. The molecule has 144 valence electrons. The van der Waals surface area contributed by atoms with Gasteiger partial charge in [-0.1, -0.05) is 26.0 Å². The van der Waals surface area contributed by atoms with Gasteiger partial charge in [-0.25, -0.2) is 0 Å². The minimum Gasteiger partial charge on any atom is -0.490 e. The van der Waals surface area contributed by atoms with Crippen LogP contribution in [0.25, 0.3) is 0 Å². The second kappa shape index (κ2) is 14.8. The van der Waals surface area contributed by atoms with Gasteiger partial charge in [0.05, 0.1) is 18.8 Å². The molecule has 2 amide bonds. The molecule has 0 saturated carbocycles. The average molecular weight is 395 g/mol. The first-order chi connectivity index (χ1) is 11.1. The molecule has 9 heteroatoms. The number of hydrogen-bond donors (Lipinski definition) is 3. The summed E-state index contributed by atoms with van der Waals surface area (Å²) in [5, 5.41) is 5.14. The fourth-order valence-corrected chi connectivity index (χ4v) is 1.97. The Kier molecular flexibility index (Phi) is 15.2. The van der Waals surface area contributed by atoms with Crippen molar-refractivity contribution in [3.8, 4) is 5.75 Å². The van der Waals surface area contributed by atoms with Crippen LogP contribution in [0.4, 0.5) is 5.69 Å². The van der Waals surface area contributed by atoms with Crippen LogP contribution in [0.3, 0.4) is 0 Å². The number of nitrogens with two attached hydrogens (primary N) is 1. The van der Waals surface area contributed by atoms with Crippen molar-refractivity contribution >= 4 is 42.3 Å². The Morgan fingerprint density at radius 2 is 1.76 bits per heavy atom. The van der Waals surface area contributed by atoms with Crippen LogP contribution in [-0.2, 0) is 9.59 Å². The van der Waals surface area contributed by atoms with Crippen molar-refractivity contribution in [3.05, 3.63) is 24.3 Å². The van der Waals surface area contributed by atoms with E-state index in [2.05, 4.69) is 29.4 Å². The molecule has 0 aliphatic rings. The van der Waals surface area contributed by atoms with E-state index in [0.717, 1.165) is 19.6 Å². The highest BCUT2D eigenvalue weighted by atomic mass is 35.5. The Labute approximate surface area is 161 Å². The Morgan fingerprint density at radius 3 is 2.36 bits per heavy atom. The zero-order valence-electron chi connectivity index (χ0n) is 14.6. The molecule has 0 atom stereocenters. The summed E-state index contributed by atoms with van der Waals surface area (Å²) < 4.78 is 5.76. The Balaban J connectivity index is 0. The van der Waals surface area contributed by atoms with Crippen molar-refractivity contribution in [2.75, 3.05) is 44.6 Å². The monoisotopic (exact) mass is 394 g/mol. The Hall–Kier alpha value is -1.54. The normalized spacial score (nSPS) is 9.60. The molecule has 0 spiro atoms. The van der Waals surface area contributed by atoms with Crippen LogP contribution in [0.15, 0.2) is 24.3 Å². The maximum absolute atomic E-state index is 11.8. The number of anilines is 1. The van der Waals surface area contributed by atoms with Gasteiger partial charge in [-0.15, -0.1) is 24.8 Å². The molecule has 0 saturated heterocycles. The summed E-state index contributed by atoms with van der Waals surface area (Å²) in [7, 11) is 0. The van der Waals surface area contributed by atoms with Gasteiger partial charge >= 0.3 is 0 Å². The molecule has 25 heavy (non-hydrogen) atoms. The first kappa shape index (κ1) is 25.7. The molecule has 0 aliphatic carbocycles. The fourth-order valence-electron chi connectivity index (χ4n) is 1.97. The maximum Gasteiger partial charge on any atom is 0.243 e. The Bertz CT molecular complexity index is 514. The highest BCUT2D eigenvalue weighted by Gasteiger charge is 2.09. The maximum atomic E-state index is 11.8. The lowest BCUT2D eigenvalue weighted by molar-refractivity contribution is -0.123. The second-order valence-electron chi connectivity index (χ2n) is 4.90. The van der Waals surface area contributed by atoms with Gasteiger partial charge in [0, 0.05) is 6.54 Å². The molecule has 7 nitrogen and oxygen atoms in total. The number of nitrogens with zero attached hydrogens (tertiary/aromatic N) is 1. The van der Waals surface area contributed by atoms with Gasteiger partial charge < -0.3 is 26.0 Å². The number of rotatable bonds is 10. The van der Waals surface area contributed by atoms with E-state index in [9.17, 15) is 9.59 Å². The first-order valence-electron chi connectivity index (χ1n) is 7.81. The Morgan fingerprint density at radius 1 is 1.12 bits per heavy atom. The molecule has 1 rings (SSSR count). The number of nitrogens with one attached hydrogen (secondary N) is 2. The van der Waals surface area contributed by atoms with Gasteiger partial charge in [0.25, 0.3) is 0 Å². The number of likely N-dealkylation sites (N-methyl/N-ethyl adjacent to an activating group) is 1. The predicted molar refractivity (Wildman–Crippen MR) is 105 cm³/mol. The lowest BCUT2D eigenvalue weighted by atomic mass is 10.3. The van der Waals surface area contributed by atoms with Gasteiger partial charge in [0.2, 0.25) is 11.8 Å². The number of benzene rings is 1. The zero-order valence-corrected chi connectivity index (χ0v) is 16.3. The number of halogens is 2. The van der Waals surface area contributed by atoms with E-state index >= 15 is 0 Å². The van der Waals surface area contributed by atoms with Gasteiger partial charge in [-0.2, -0.15) is 0 Å². The molecule has 0 fully saturated rings. The smallest absolute Gasteiger partial charge is 0.243 e. The zero-order chi connectivity index (χ0) is 17.1. The number of amides is 2. The molecule has 0 bridgehead atoms. The number of carbonyl (C=O) groups excluding carboxylic acids is 2. The largest absolute Gasteiger partial charge is 0.490 e. The molecule has 1 aromatic carbocycles. The van der Waals surface area contributed by atoms with Crippen LogP contribution in [-0.4, -0.2) is 56.0 Å². The van der Waals surface area contributed by atoms with Crippen LogP contribution in [0.5, 0.6) is 5.75 Å². The van der Waals surface area contributed by atoms with Crippen molar-refractivity contribution in [3.63, 3.8) is 0 Å². The standard InChI is InChI=1S/C16H26N4O3.2ClH/c1-3-20(4-2)9-10-23-14-8-6-5-7-13(14)19-16(22)12-18-15(21)11-17;;/h5-8H,3-4,9-12,17H2,1-2H3,(H,18,21)(H,19,22);2*1H. The van der Waals surface area contributed by atoms with Crippen LogP contribution < -0.4 is 21.1 Å². The number of ether oxygens (including phenoxy) is 1. The highest BCUT2D eigenvalue weighted by molar-refractivity contribution is 5.95. The summed E-state index contributed by atoms with van der Waals surface area (Å²) in [6.45, 7) is 7.25. The van der Waals surface area contributed by atoms with Crippen molar-refractivity contribution in [2.45, 2.75) is 13.8 Å². The van der Waals surface area contributed by atoms with Crippen LogP contribution in [0, 0.1) is 0 Å². The summed E-state index contributed by atoms with van der Waals surface area (Å²) in [5.74, 6) is -0.0892. The third-order valence-corrected chi connectivity index (χ3v) is 3.35. The summed E-state index contributed by atoms with van der Waals surface area (Å²) in [4.78, 5) is 25.1. The predicted octanol–water partition coefficient (Wildman–Crippen LogP) is 1.26. The quantitative estimate of drug-likeness (QED) is 0.554. The van der Waals surface area contributed by atoms with Crippen LogP contribution in [0.1, 0.15) is 13.8 Å². The minimum absolute atomic E-state index is 0. The van der Waals surface area contributed by atoms with Gasteiger partial charge in [-0.3, -0.25) is 9.59 Å². The number of carbonyl (C=O) groups is 2. The SMILES string of the molecule is CCN(CC)CCOc1ccccc1NC(=O)CNC(=O)CN.Cl.Cl. The van der Waals surface area contributed by atoms with Gasteiger partial charge in [-0.05, 0) is 25.2 Å². The van der Waals surface area contributed by atoms with E-state index in [4.69, 9.17) is 10.5 Å². The average Bonchev–Trinajstić information content (AvgIpc) is 2.58. The van der Waals surface area contributed by atoms with Crippen LogP contribution >= 0.6 is 24.8 Å². The minimum atomic E-state index is -0.371. The van der Waals surface area contributed by atoms with Crippen molar-refractivity contribution in [1.29, 1.82) is 0 Å². The molecular formula is C16H28Cl2N4O3. The molecule has 0 unspecified atom stereocenters. The third kappa shape index (κ3) is 10.1. The molecule has 1 aromatic rings. The van der Waals surface area contributed by atoms with E-state index in [-0.39, 0.29) is 49.7 Å². The summed E-state index contributed by atoms with van der Waals surface area (Å²) >= 11 is 0. The van der Waals surface area contributed by atoms with Gasteiger partial charge in [0.15, 0.2) is 0 Å². The van der Waals surface area contributed by atoms with E-state index in [1.165, 1.54) is 0 Å². The van der Waals surface area contributed by atoms with E-state index in [0.29, 0.717) is 18.0 Å². The summed E-state index contributed by atoms with van der Waals surface area (Å²) in [5.41, 5.74) is 5.75. The topological polar surface area (TPSA) is 96.7 Å². The fraction of sp³-hybridized carbons (Fsp3) is 0.500. The van der Waals surface area contributed by atoms with E-state index in [1.54, 1.807) is 12.1 Å². The van der Waals surface area contributed by atoms with Crippen LogP contribution in [0.2, 0.25) is 0 Å². The molecular weight excluding hydrogens is 367 g/mol. The molecule has 0 heterocycles. The number of para-hydroxylation sites is 2. The number of hydrogen-bond acceptors (Lipinski definition) is 5. The van der Waals surface area contributed by atoms with E-state index in [1.807, 2.05) is 12.1 Å². The second-order valence-corrected chi connectivity index (χ2v) is 4.90. The summed E-state index contributed by atoms with van der Waals surface area (Å²) in [6.07, 6.45) is 0. The lowest BCUT2D eigenvalue weighted by Crippen LogP contribution is -2.36. The van der Waals surface area contributed by atoms with Gasteiger partial charge in [0.1, 0.15) is 12.4 Å².